The molecule has 0 spiro atoms. The van der Waals surface area contributed by atoms with Gasteiger partial charge in [0.05, 0.1) is 27.8 Å². The molecule has 0 amide bonds. The fourth-order valence-electron chi connectivity index (χ4n) is 6.43. The van der Waals surface area contributed by atoms with E-state index in [9.17, 15) is 0 Å². The monoisotopic (exact) mass is 563 g/mol. The van der Waals surface area contributed by atoms with E-state index < -0.39 is 0 Å². The Morgan fingerprint density at radius 2 is 1.02 bits per heavy atom. The Morgan fingerprint density at radius 3 is 1.68 bits per heavy atom. The minimum atomic E-state index is 0.621. The summed E-state index contributed by atoms with van der Waals surface area (Å²) >= 11 is 0. The van der Waals surface area contributed by atoms with Gasteiger partial charge in [0.15, 0.2) is 0 Å². The second kappa shape index (κ2) is 9.79. The molecule has 0 aliphatic carbocycles. The van der Waals surface area contributed by atoms with Crippen LogP contribution in [0, 0.1) is 0 Å². The van der Waals surface area contributed by atoms with Crippen molar-refractivity contribution in [1.29, 1.82) is 0 Å². The van der Waals surface area contributed by atoms with Gasteiger partial charge in [0.2, 0.25) is 5.95 Å². The molecule has 0 radical (unpaired) electrons. The van der Waals surface area contributed by atoms with Crippen LogP contribution < -0.4 is 0 Å². The van der Waals surface area contributed by atoms with Gasteiger partial charge in [0, 0.05) is 32.8 Å². The summed E-state index contributed by atoms with van der Waals surface area (Å²) in [6.45, 7) is 0. The average Bonchev–Trinajstić information content (AvgIpc) is 3.65. The van der Waals surface area contributed by atoms with E-state index in [2.05, 4.69) is 102 Å². The first-order valence-corrected chi connectivity index (χ1v) is 14.8. The van der Waals surface area contributed by atoms with Crippen molar-refractivity contribution in [2.24, 2.45) is 0 Å². The van der Waals surface area contributed by atoms with Gasteiger partial charge in [-0.05, 0) is 29.8 Å². The highest BCUT2D eigenvalue weighted by atomic mass is 16.3. The number of aromatic nitrogens is 3. The first-order chi connectivity index (χ1) is 21.8. The Balaban J connectivity index is 1.46. The zero-order chi connectivity index (χ0) is 29.0. The molecule has 0 saturated carbocycles. The van der Waals surface area contributed by atoms with Crippen molar-refractivity contribution in [2.75, 3.05) is 0 Å². The van der Waals surface area contributed by atoms with Crippen LogP contribution in [0.15, 0.2) is 156 Å². The topological polar surface area (TPSA) is 43.9 Å². The Morgan fingerprint density at radius 1 is 0.477 bits per heavy atom. The molecular formula is C40H25N3O. The van der Waals surface area contributed by atoms with Crippen molar-refractivity contribution < 1.29 is 4.42 Å². The van der Waals surface area contributed by atoms with E-state index in [-0.39, 0.29) is 0 Å². The minimum Gasteiger partial charge on any atom is -0.455 e. The highest BCUT2D eigenvalue weighted by Crippen LogP contribution is 2.45. The third-order valence-electron chi connectivity index (χ3n) is 8.42. The van der Waals surface area contributed by atoms with Gasteiger partial charge < -0.3 is 4.42 Å². The van der Waals surface area contributed by atoms with Gasteiger partial charge in [0.25, 0.3) is 0 Å². The number of fused-ring (bicyclic) bond motifs is 7. The predicted molar refractivity (Wildman–Crippen MR) is 180 cm³/mol. The van der Waals surface area contributed by atoms with Crippen molar-refractivity contribution >= 4 is 43.7 Å². The first kappa shape index (κ1) is 24.6. The molecular weight excluding hydrogens is 538 g/mol. The number of benzene rings is 6. The fourth-order valence-corrected chi connectivity index (χ4v) is 6.43. The molecule has 44 heavy (non-hydrogen) atoms. The molecule has 0 atom stereocenters. The SMILES string of the molecule is c1ccc(-c2cc(-c3ccccc3)nc(-n3c4ccccc4c4cc(-c5ccccc5)c5oc6ccccc6c5c43)n2)cc1. The van der Waals surface area contributed by atoms with Crippen molar-refractivity contribution in [3.8, 4) is 39.6 Å². The maximum Gasteiger partial charge on any atom is 0.235 e. The molecule has 6 aromatic carbocycles. The number of hydrogen-bond acceptors (Lipinski definition) is 3. The van der Waals surface area contributed by atoms with Crippen LogP contribution in [0.25, 0.3) is 83.3 Å². The Hall–Kier alpha value is -6.00. The normalized spacial score (nSPS) is 11.6. The molecule has 9 rings (SSSR count). The lowest BCUT2D eigenvalue weighted by molar-refractivity contribution is 0.670. The van der Waals surface area contributed by atoms with Crippen molar-refractivity contribution in [1.82, 2.24) is 14.5 Å². The number of para-hydroxylation sites is 2. The van der Waals surface area contributed by atoms with Crippen LogP contribution in [0.4, 0.5) is 0 Å². The van der Waals surface area contributed by atoms with Gasteiger partial charge in [-0.15, -0.1) is 0 Å². The van der Waals surface area contributed by atoms with Crippen molar-refractivity contribution in [3.63, 3.8) is 0 Å². The van der Waals surface area contributed by atoms with Gasteiger partial charge >= 0.3 is 0 Å². The molecule has 9 aromatic rings. The molecule has 0 N–H and O–H groups in total. The average molecular weight is 564 g/mol. The van der Waals surface area contributed by atoms with Crippen LogP contribution in [-0.4, -0.2) is 14.5 Å². The van der Waals surface area contributed by atoms with E-state index >= 15 is 0 Å². The largest absolute Gasteiger partial charge is 0.455 e. The second-order valence-corrected chi connectivity index (χ2v) is 11.0. The summed E-state index contributed by atoms with van der Waals surface area (Å²) in [5.41, 5.74) is 9.80. The summed E-state index contributed by atoms with van der Waals surface area (Å²) in [5.74, 6) is 0.621. The molecule has 0 saturated heterocycles. The lowest BCUT2D eigenvalue weighted by Gasteiger charge is -2.12. The molecule has 0 aliphatic heterocycles. The number of nitrogens with zero attached hydrogens (tertiary/aromatic N) is 3. The summed E-state index contributed by atoms with van der Waals surface area (Å²) in [7, 11) is 0. The van der Waals surface area contributed by atoms with Gasteiger partial charge in [0.1, 0.15) is 11.2 Å². The highest BCUT2D eigenvalue weighted by Gasteiger charge is 2.24. The van der Waals surface area contributed by atoms with Crippen LogP contribution in [0.1, 0.15) is 0 Å². The van der Waals surface area contributed by atoms with Gasteiger partial charge in [-0.3, -0.25) is 4.57 Å². The van der Waals surface area contributed by atoms with Crippen LogP contribution in [-0.2, 0) is 0 Å². The lowest BCUT2D eigenvalue weighted by Crippen LogP contribution is -2.04. The quantitative estimate of drug-likeness (QED) is 0.214. The van der Waals surface area contributed by atoms with Crippen LogP contribution in [0.5, 0.6) is 0 Å². The molecule has 4 heteroatoms. The zero-order valence-corrected chi connectivity index (χ0v) is 23.7. The lowest BCUT2D eigenvalue weighted by atomic mass is 9.98. The maximum absolute atomic E-state index is 6.66. The maximum atomic E-state index is 6.66. The third kappa shape index (κ3) is 3.78. The molecule has 0 bridgehead atoms. The molecule has 206 valence electrons. The Bertz CT molecular complexity index is 2420. The van der Waals surface area contributed by atoms with Crippen molar-refractivity contribution in [2.45, 2.75) is 0 Å². The molecule has 0 aliphatic rings. The Labute approximate surface area is 253 Å². The summed E-state index contributed by atoms with van der Waals surface area (Å²) in [6.07, 6.45) is 0. The predicted octanol–water partition coefficient (Wildman–Crippen LogP) is 10.5. The van der Waals surface area contributed by atoms with Crippen LogP contribution in [0.3, 0.4) is 0 Å². The number of rotatable bonds is 4. The molecule has 0 unspecified atom stereocenters. The summed E-state index contributed by atoms with van der Waals surface area (Å²) in [6, 6.07) is 52.3. The van der Waals surface area contributed by atoms with E-state index in [4.69, 9.17) is 14.4 Å². The molecule has 3 aromatic heterocycles. The van der Waals surface area contributed by atoms with Gasteiger partial charge in [-0.1, -0.05) is 127 Å². The van der Waals surface area contributed by atoms with Crippen molar-refractivity contribution in [3.05, 3.63) is 152 Å². The highest BCUT2D eigenvalue weighted by molar-refractivity contribution is 6.27. The fraction of sp³-hybridized carbons (Fsp3) is 0. The van der Waals surface area contributed by atoms with E-state index in [1.54, 1.807) is 0 Å². The third-order valence-corrected chi connectivity index (χ3v) is 8.42. The second-order valence-electron chi connectivity index (χ2n) is 11.0. The molecule has 0 fully saturated rings. The van der Waals surface area contributed by atoms with Crippen LogP contribution >= 0.6 is 0 Å². The summed E-state index contributed by atoms with van der Waals surface area (Å²) < 4.78 is 8.89. The molecule has 4 nitrogen and oxygen atoms in total. The van der Waals surface area contributed by atoms with E-state index in [1.807, 2.05) is 54.6 Å². The van der Waals surface area contributed by atoms with E-state index in [0.29, 0.717) is 5.95 Å². The smallest absolute Gasteiger partial charge is 0.235 e. The molecule has 3 heterocycles. The number of hydrogen-bond donors (Lipinski definition) is 0. The van der Waals surface area contributed by atoms with Gasteiger partial charge in [-0.25, -0.2) is 9.97 Å². The summed E-state index contributed by atoms with van der Waals surface area (Å²) in [5, 5.41) is 4.40. The minimum absolute atomic E-state index is 0.621. The first-order valence-electron chi connectivity index (χ1n) is 14.8. The standard InChI is InChI=1S/C40H25N3O/c1-4-14-26(15-5-1)31-24-32-29-20-10-12-22-35(29)43(38(32)37-30-21-11-13-23-36(30)44-39(31)37)40-41-33(27-16-6-2-7-17-27)25-34(42-40)28-18-8-3-9-19-28/h1-25H. The van der Waals surface area contributed by atoms with E-state index in [1.165, 1.54) is 0 Å². The van der Waals surface area contributed by atoms with Gasteiger partial charge in [-0.2, -0.15) is 0 Å². The number of furan rings is 1. The van der Waals surface area contributed by atoms with Crippen LogP contribution in [0.2, 0.25) is 0 Å². The van der Waals surface area contributed by atoms with E-state index in [0.717, 1.165) is 77.4 Å². The Kier molecular flexibility index (Phi) is 5.47. The summed E-state index contributed by atoms with van der Waals surface area (Å²) in [4.78, 5) is 10.5. The zero-order valence-electron chi connectivity index (χ0n) is 23.7.